The monoisotopic (exact) mass is 285 g/mol. The van der Waals surface area contributed by atoms with Gasteiger partial charge < -0.3 is 4.90 Å². The quantitative estimate of drug-likeness (QED) is 0.801. The molecule has 21 heavy (non-hydrogen) atoms. The van der Waals surface area contributed by atoms with Gasteiger partial charge in [0.2, 0.25) is 5.91 Å². The van der Waals surface area contributed by atoms with Gasteiger partial charge in [-0.2, -0.15) is 0 Å². The third-order valence-electron chi connectivity index (χ3n) is 4.99. The zero-order valence-corrected chi connectivity index (χ0v) is 12.9. The molecule has 1 saturated heterocycles. The van der Waals surface area contributed by atoms with Crippen LogP contribution in [0.4, 0.5) is 0 Å². The van der Waals surface area contributed by atoms with Crippen LogP contribution in [-0.4, -0.2) is 33.9 Å². The molecule has 2 fully saturated rings. The zero-order chi connectivity index (χ0) is 15.0. The Labute approximate surface area is 126 Å². The summed E-state index contributed by atoms with van der Waals surface area (Å²) in [4.78, 5) is 22.6. The molecule has 112 valence electrons. The largest absolute Gasteiger partial charge is 0.338 e. The molecule has 1 amide bonds. The maximum atomic E-state index is 12.1. The van der Waals surface area contributed by atoms with E-state index in [0.717, 1.165) is 30.9 Å². The minimum atomic E-state index is 0.126. The summed E-state index contributed by atoms with van der Waals surface area (Å²) in [5.74, 6) is 2.07. The van der Waals surface area contributed by atoms with E-state index < -0.39 is 0 Å². The Morgan fingerprint density at radius 1 is 1.38 bits per heavy atom. The maximum absolute atomic E-state index is 12.1. The van der Waals surface area contributed by atoms with Crippen molar-refractivity contribution < 1.29 is 4.79 Å². The van der Waals surface area contributed by atoms with Crippen molar-refractivity contribution in [1.82, 2.24) is 14.9 Å². The molecule has 3 atom stereocenters. The summed E-state index contributed by atoms with van der Waals surface area (Å²) in [6, 6.07) is 2.08. The van der Waals surface area contributed by atoms with Crippen LogP contribution in [0, 0.1) is 24.7 Å². The highest BCUT2D eigenvalue weighted by molar-refractivity contribution is 5.92. The van der Waals surface area contributed by atoms with Crippen LogP contribution in [0.2, 0.25) is 0 Å². The molecule has 2 aliphatic rings. The molecule has 1 aliphatic heterocycles. The highest BCUT2D eigenvalue weighted by Crippen LogP contribution is 2.43. The Kier molecular flexibility index (Phi) is 3.79. The van der Waals surface area contributed by atoms with Crippen molar-refractivity contribution in [3.8, 4) is 0 Å². The second kappa shape index (κ2) is 5.58. The Bertz CT molecular complexity index is 569. The highest BCUT2D eigenvalue weighted by atomic mass is 16.2. The average Bonchev–Trinajstić information content (AvgIpc) is 3.00. The summed E-state index contributed by atoms with van der Waals surface area (Å²) >= 11 is 0. The van der Waals surface area contributed by atoms with E-state index in [2.05, 4.69) is 22.6 Å². The topological polar surface area (TPSA) is 46.1 Å². The predicted molar refractivity (Wildman–Crippen MR) is 81.6 cm³/mol. The molecule has 0 unspecified atom stereocenters. The number of aryl methyl sites for hydroxylation is 1. The third-order valence-corrected chi connectivity index (χ3v) is 4.99. The maximum Gasteiger partial charge on any atom is 0.248 e. The minimum Gasteiger partial charge on any atom is -0.338 e. The number of amides is 1. The number of nitrogens with zero attached hydrogens (tertiary/aromatic N) is 3. The fraction of sp³-hybridized carbons (Fsp3) is 0.588. The number of likely N-dealkylation sites (tertiary alicyclic amines) is 1. The Morgan fingerprint density at radius 2 is 2.19 bits per heavy atom. The van der Waals surface area contributed by atoms with E-state index in [9.17, 15) is 4.79 Å². The van der Waals surface area contributed by atoms with Crippen LogP contribution in [-0.2, 0) is 11.2 Å². The molecule has 0 N–H and O–H groups in total. The van der Waals surface area contributed by atoms with Crippen LogP contribution >= 0.6 is 0 Å². The summed E-state index contributed by atoms with van der Waals surface area (Å²) in [5.41, 5.74) is 2.82. The van der Waals surface area contributed by atoms with Crippen molar-refractivity contribution in [3.05, 3.63) is 35.9 Å². The van der Waals surface area contributed by atoms with Gasteiger partial charge >= 0.3 is 0 Å². The first-order valence-electron chi connectivity index (χ1n) is 7.77. The summed E-state index contributed by atoms with van der Waals surface area (Å²) in [7, 11) is 0. The first-order valence-corrected chi connectivity index (χ1v) is 7.77. The first kappa shape index (κ1) is 14.2. The van der Waals surface area contributed by atoms with Crippen LogP contribution in [0.25, 0.3) is 0 Å². The van der Waals surface area contributed by atoms with Crippen molar-refractivity contribution >= 4 is 5.91 Å². The van der Waals surface area contributed by atoms with Gasteiger partial charge in [-0.1, -0.05) is 6.58 Å². The van der Waals surface area contributed by atoms with E-state index in [1.165, 1.54) is 12.8 Å². The van der Waals surface area contributed by atoms with E-state index >= 15 is 0 Å². The third kappa shape index (κ3) is 2.85. The number of carbonyl (C=O) groups excluding carboxylic acids is 1. The van der Waals surface area contributed by atoms with Crippen LogP contribution in [0.3, 0.4) is 0 Å². The van der Waals surface area contributed by atoms with Gasteiger partial charge in [-0.05, 0) is 56.9 Å². The lowest BCUT2D eigenvalue weighted by Crippen LogP contribution is -2.30. The zero-order valence-electron chi connectivity index (χ0n) is 12.9. The Hall–Kier alpha value is -1.71. The number of hydrogen-bond donors (Lipinski definition) is 0. The van der Waals surface area contributed by atoms with Gasteiger partial charge in [-0.15, -0.1) is 0 Å². The lowest BCUT2D eigenvalue weighted by atomic mass is 9.89. The smallest absolute Gasteiger partial charge is 0.248 e. The fourth-order valence-electron chi connectivity index (χ4n) is 3.96. The molecule has 1 aromatic rings. The molecule has 1 saturated carbocycles. The SMILES string of the molecule is C=C(C)C(=O)N1C[C@H]2CC[C@H](Cc3cc(C)ncn3)[C@H]2C1. The van der Waals surface area contributed by atoms with Gasteiger partial charge in [0.05, 0.1) is 0 Å². The van der Waals surface area contributed by atoms with Gasteiger partial charge in [-0.3, -0.25) is 4.79 Å². The molecule has 2 heterocycles. The van der Waals surface area contributed by atoms with Crippen molar-refractivity contribution in [3.63, 3.8) is 0 Å². The van der Waals surface area contributed by atoms with Gasteiger partial charge in [0, 0.05) is 30.1 Å². The summed E-state index contributed by atoms with van der Waals surface area (Å²) in [6.45, 7) is 9.40. The molecule has 4 nitrogen and oxygen atoms in total. The fourth-order valence-corrected chi connectivity index (χ4v) is 3.96. The highest BCUT2D eigenvalue weighted by Gasteiger charge is 2.43. The Morgan fingerprint density at radius 3 is 2.90 bits per heavy atom. The van der Waals surface area contributed by atoms with Crippen molar-refractivity contribution in [1.29, 1.82) is 0 Å². The van der Waals surface area contributed by atoms with Crippen molar-refractivity contribution in [2.24, 2.45) is 17.8 Å². The second-order valence-corrected chi connectivity index (χ2v) is 6.61. The van der Waals surface area contributed by atoms with Gasteiger partial charge in [0.25, 0.3) is 0 Å². The van der Waals surface area contributed by atoms with Gasteiger partial charge in [-0.25, -0.2) is 9.97 Å². The molecule has 1 aromatic heterocycles. The number of fused-ring (bicyclic) bond motifs is 1. The van der Waals surface area contributed by atoms with Gasteiger partial charge in [0.15, 0.2) is 0 Å². The predicted octanol–water partition coefficient (Wildman–Crippen LogP) is 2.39. The van der Waals surface area contributed by atoms with E-state index in [0.29, 0.717) is 23.3 Å². The van der Waals surface area contributed by atoms with E-state index in [1.807, 2.05) is 11.8 Å². The van der Waals surface area contributed by atoms with E-state index in [-0.39, 0.29) is 5.91 Å². The van der Waals surface area contributed by atoms with Crippen LogP contribution in [0.1, 0.15) is 31.2 Å². The normalized spacial score (nSPS) is 27.7. The average molecular weight is 285 g/mol. The lowest BCUT2D eigenvalue weighted by molar-refractivity contribution is -0.126. The Balaban J connectivity index is 1.67. The molecule has 0 aromatic carbocycles. The van der Waals surface area contributed by atoms with Gasteiger partial charge in [0.1, 0.15) is 6.33 Å². The minimum absolute atomic E-state index is 0.126. The number of rotatable bonds is 3. The standard InChI is InChI=1S/C17H23N3O/c1-11(2)17(21)20-8-14-5-4-13(16(14)9-20)7-15-6-12(3)18-10-19-15/h6,10,13-14,16H,1,4-5,7-9H2,2-3H3/t13-,14-,16-/m1/s1. The summed E-state index contributed by atoms with van der Waals surface area (Å²) in [6.07, 6.45) is 5.16. The van der Waals surface area contributed by atoms with Crippen molar-refractivity contribution in [2.75, 3.05) is 13.1 Å². The molecule has 3 rings (SSSR count). The molecule has 0 spiro atoms. The van der Waals surface area contributed by atoms with Crippen molar-refractivity contribution in [2.45, 2.75) is 33.1 Å². The number of hydrogen-bond acceptors (Lipinski definition) is 3. The first-order chi connectivity index (χ1) is 10.0. The van der Waals surface area contributed by atoms with E-state index in [4.69, 9.17) is 0 Å². The lowest BCUT2D eigenvalue weighted by Gasteiger charge is -2.20. The van der Waals surface area contributed by atoms with Crippen LogP contribution in [0.5, 0.6) is 0 Å². The molecule has 0 bridgehead atoms. The second-order valence-electron chi connectivity index (χ2n) is 6.61. The van der Waals surface area contributed by atoms with E-state index in [1.54, 1.807) is 13.3 Å². The number of aromatic nitrogens is 2. The molecule has 1 aliphatic carbocycles. The summed E-state index contributed by atoms with van der Waals surface area (Å²) in [5, 5.41) is 0. The molecular weight excluding hydrogens is 262 g/mol. The molecule has 0 radical (unpaired) electrons. The van der Waals surface area contributed by atoms with Crippen LogP contribution < -0.4 is 0 Å². The number of carbonyl (C=O) groups is 1. The van der Waals surface area contributed by atoms with Crippen LogP contribution in [0.15, 0.2) is 24.5 Å². The molecular formula is C17H23N3O. The summed E-state index contributed by atoms with van der Waals surface area (Å²) < 4.78 is 0. The molecule has 4 heteroatoms.